The predicted octanol–water partition coefficient (Wildman–Crippen LogP) is 2.56. The molecule has 0 aliphatic rings. The van der Waals surface area contributed by atoms with Crippen LogP contribution in [-0.2, 0) is 43.9 Å². The first-order valence-corrected chi connectivity index (χ1v) is 18.0. The second-order valence-corrected chi connectivity index (χ2v) is 14.4. The highest BCUT2D eigenvalue weighted by atomic mass is 32.2. The minimum absolute atomic E-state index is 0.0317. The SMILES string of the molecule is CC[C@H](C)[C@@H](CN(CC(=O)[C@@](N)(CCS(N)(=O)=O)C(=O)O)Cc1cccc2ccccc12)NC(=O)Cc1cncn1Cc1ccc(C#N)cc1. The molecule has 3 aromatic carbocycles. The highest BCUT2D eigenvalue weighted by Gasteiger charge is 2.43. The molecule has 14 heteroatoms. The number of carbonyl (C=O) groups is 3. The number of carboxylic acid groups (broad SMARTS) is 1. The number of hydrogen-bond donors (Lipinski definition) is 4. The van der Waals surface area contributed by atoms with Crippen LogP contribution in [0.1, 0.15) is 49.1 Å². The van der Waals surface area contributed by atoms with E-state index in [-0.39, 0.29) is 31.3 Å². The van der Waals surface area contributed by atoms with Crippen molar-refractivity contribution in [2.45, 2.75) is 57.8 Å². The van der Waals surface area contributed by atoms with Crippen LogP contribution in [0, 0.1) is 17.2 Å². The number of nitrogens with zero attached hydrogens (tertiary/aromatic N) is 4. The van der Waals surface area contributed by atoms with Gasteiger partial charge in [-0.15, -0.1) is 0 Å². The summed E-state index contributed by atoms with van der Waals surface area (Å²) in [5.41, 5.74) is 6.65. The monoisotopic (exact) mass is 701 g/mol. The summed E-state index contributed by atoms with van der Waals surface area (Å²) in [4.78, 5) is 45.5. The van der Waals surface area contributed by atoms with E-state index in [1.807, 2.05) is 73.0 Å². The van der Waals surface area contributed by atoms with Gasteiger partial charge in [-0.1, -0.05) is 74.9 Å². The molecule has 1 amide bonds. The van der Waals surface area contributed by atoms with Crippen LogP contribution in [0.25, 0.3) is 10.8 Å². The van der Waals surface area contributed by atoms with Gasteiger partial charge in [-0.2, -0.15) is 5.26 Å². The van der Waals surface area contributed by atoms with Gasteiger partial charge in [0.05, 0.1) is 36.7 Å². The summed E-state index contributed by atoms with van der Waals surface area (Å²) in [7, 11) is -4.09. The lowest BCUT2D eigenvalue weighted by Crippen LogP contribution is -2.59. The van der Waals surface area contributed by atoms with Crippen molar-refractivity contribution in [2.24, 2.45) is 16.8 Å². The fourth-order valence-corrected chi connectivity index (χ4v) is 6.35. The number of nitriles is 1. The number of benzene rings is 3. The van der Waals surface area contributed by atoms with Crippen molar-refractivity contribution in [1.82, 2.24) is 19.8 Å². The molecule has 0 radical (unpaired) electrons. The molecule has 50 heavy (non-hydrogen) atoms. The molecule has 0 spiro atoms. The van der Waals surface area contributed by atoms with Crippen LogP contribution < -0.4 is 16.2 Å². The Hall–Kier alpha value is -4.94. The summed E-state index contributed by atoms with van der Waals surface area (Å²) in [6.45, 7) is 4.40. The number of fused-ring (bicyclic) bond motifs is 1. The lowest BCUT2D eigenvalue weighted by atomic mass is 9.91. The Kier molecular flexibility index (Phi) is 12.6. The number of imidazole rings is 1. The standard InChI is InChI=1S/C36H43N7O6S/c1-3-25(2)32(41-34(45)17-30-19-40-24-43(30)20-27-13-11-26(18-37)12-14-27)22-42(21-29-9-6-8-28-7-4-5-10-31(28)29)23-33(44)36(38,35(46)47)15-16-50(39,48)49/h4-14,19,24-25,32H,3,15-17,20-23,38H2,1-2H3,(H,41,45)(H,46,47)(H2,39,48,49)/t25-,32+,36-/m0/s1. The van der Waals surface area contributed by atoms with Gasteiger partial charge in [0.15, 0.2) is 11.3 Å². The quantitative estimate of drug-likeness (QED) is 0.111. The molecule has 264 valence electrons. The van der Waals surface area contributed by atoms with Gasteiger partial charge in [0.1, 0.15) is 0 Å². The number of rotatable bonds is 18. The first kappa shape index (κ1) is 37.9. The number of nitrogens with one attached hydrogen (secondary N) is 1. The second-order valence-electron chi connectivity index (χ2n) is 12.7. The molecule has 4 rings (SSSR count). The zero-order chi connectivity index (χ0) is 36.5. The van der Waals surface area contributed by atoms with E-state index < -0.39 is 52.1 Å². The Morgan fingerprint density at radius 1 is 1.10 bits per heavy atom. The molecule has 13 nitrogen and oxygen atoms in total. The van der Waals surface area contributed by atoms with Gasteiger partial charge in [-0.3, -0.25) is 14.5 Å². The van der Waals surface area contributed by atoms with Gasteiger partial charge in [-0.05, 0) is 46.4 Å². The van der Waals surface area contributed by atoms with E-state index in [1.54, 1.807) is 29.6 Å². The predicted molar refractivity (Wildman–Crippen MR) is 189 cm³/mol. The van der Waals surface area contributed by atoms with Crippen LogP contribution >= 0.6 is 0 Å². The van der Waals surface area contributed by atoms with Crippen LogP contribution in [0.2, 0.25) is 0 Å². The Morgan fingerprint density at radius 3 is 2.46 bits per heavy atom. The molecule has 0 aliphatic heterocycles. The van der Waals surface area contributed by atoms with E-state index in [4.69, 9.17) is 16.1 Å². The molecule has 1 heterocycles. The van der Waals surface area contributed by atoms with Crippen LogP contribution in [0.4, 0.5) is 0 Å². The normalized spacial score (nSPS) is 14.1. The van der Waals surface area contributed by atoms with E-state index in [0.717, 1.165) is 21.9 Å². The van der Waals surface area contributed by atoms with E-state index in [9.17, 15) is 27.9 Å². The number of aromatic nitrogens is 2. The summed E-state index contributed by atoms with van der Waals surface area (Å²) >= 11 is 0. The number of amides is 1. The van der Waals surface area contributed by atoms with Crippen LogP contribution in [-0.4, -0.2) is 76.1 Å². The van der Waals surface area contributed by atoms with Crippen molar-refractivity contribution >= 4 is 38.5 Å². The average Bonchev–Trinajstić information content (AvgIpc) is 3.52. The van der Waals surface area contributed by atoms with E-state index in [2.05, 4.69) is 16.4 Å². The summed E-state index contributed by atoms with van der Waals surface area (Å²) in [6.07, 6.45) is 3.30. The van der Waals surface area contributed by atoms with Crippen molar-refractivity contribution < 1.29 is 27.9 Å². The number of hydrogen-bond acceptors (Lipinski definition) is 9. The Morgan fingerprint density at radius 2 is 1.80 bits per heavy atom. The maximum atomic E-state index is 13.7. The zero-order valence-electron chi connectivity index (χ0n) is 28.2. The first-order valence-electron chi connectivity index (χ1n) is 16.2. The number of carbonyl (C=O) groups excluding carboxylic acids is 2. The molecule has 0 fully saturated rings. The molecule has 0 saturated carbocycles. The molecule has 0 aliphatic carbocycles. The number of Topliss-reactive ketones (excluding diaryl/α,β-unsaturated/α-hetero) is 1. The van der Waals surface area contributed by atoms with E-state index >= 15 is 0 Å². The highest BCUT2D eigenvalue weighted by Crippen LogP contribution is 2.22. The summed E-state index contributed by atoms with van der Waals surface area (Å²) < 4.78 is 25.2. The largest absolute Gasteiger partial charge is 0.480 e. The Bertz CT molecular complexity index is 1970. The third-order valence-electron chi connectivity index (χ3n) is 9.01. The van der Waals surface area contributed by atoms with Crippen molar-refractivity contribution in [3.8, 4) is 6.07 Å². The summed E-state index contributed by atoms with van der Waals surface area (Å²) in [5, 5.41) is 29.2. The van der Waals surface area contributed by atoms with Crippen molar-refractivity contribution in [3.05, 3.63) is 102 Å². The van der Waals surface area contributed by atoms with Gasteiger partial charge in [0, 0.05) is 37.6 Å². The van der Waals surface area contributed by atoms with Gasteiger partial charge in [-0.25, -0.2) is 23.3 Å². The number of ketones is 1. The number of primary sulfonamides is 1. The van der Waals surface area contributed by atoms with E-state index in [1.165, 1.54) is 0 Å². The lowest BCUT2D eigenvalue weighted by Gasteiger charge is -2.33. The first-order chi connectivity index (χ1) is 23.7. The molecule has 0 bridgehead atoms. The second kappa shape index (κ2) is 16.6. The van der Waals surface area contributed by atoms with Crippen molar-refractivity contribution in [1.29, 1.82) is 5.26 Å². The summed E-state index contributed by atoms with van der Waals surface area (Å²) in [5.74, 6) is -3.62. The molecule has 4 aromatic rings. The van der Waals surface area contributed by atoms with Crippen molar-refractivity contribution in [2.75, 3.05) is 18.8 Å². The molecular weight excluding hydrogens is 659 g/mol. The third-order valence-corrected chi connectivity index (χ3v) is 9.78. The average molecular weight is 702 g/mol. The van der Waals surface area contributed by atoms with E-state index in [0.29, 0.717) is 24.2 Å². The van der Waals surface area contributed by atoms with Crippen LogP contribution in [0.5, 0.6) is 0 Å². The number of nitrogens with two attached hydrogens (primary N) is 2. The van der Waals surface area contributed by atoms with Gasteiger partial charge < -0.3 is 20.7 Å². The zero-order valence-corrected chi connectivity index (χ0v) is 29.0. The molecular formula is C36H43N7O6S. The van der Waals surface area contributed by atoms with Gasteiger partial charge in [0.2, 0.25) is 15.9 Å². The maximum Gasteiger partial charge on any atom is 0.331 e. The van der Waals surface area contributed by atoms with Crippen LogP contribution in [0.15, 0.2) is 79.3 Å². The third kappa shape index (κ3) is 10.1. The molecule has 1 aromatic heterocycles. The Labute approximate surface area is 291 Å². The minimum Gasteiger partial charge on any atom is -0.480 e. The summed E-state index contributed by atoms with van der Waals surface area (Å²) in [6, 6.07) is 22.3. The molecule has 0 unspecified atom stereocenters. The Balaban J connectivity index is 1.58. The van der Waals surface area contributed by atoms with Gasteiger partial charge in [0.25, 0.3) is 0 Å². The number of sulfonamides is 1. The molecule has 3 atom stereocenters. The number of aliphatic carboxylic acids is 1. The highest BCUT2D eigenvalue weighted by molar-refractivity contribution is 7.89. The smallest absolute Gasteiger partial charge is 0.331 e. The molecule has 6 N–H and O–H groups in total. The maximum absolute atomic E-state index is 13.7. The lowest BCUT2D eigenvalue weighted by molar-refractivity contribution is -0.148. The fourth-order valence-electron chi connectivity index (χ4n) is 5.74. The minimum atomic E-state index is -4.09. The van der Waals surface area contributed by atoms with Gasteiger partial charge >= 0.3 is 5.97 Å². The topological polar surface area (TPSA) is 214 Å². The van der Waals surface area contributed by atoms with Crippen LogP contribution in [0.3, 0.4) is 0 Å². The fraction of sp³-hybridized carbons (Fsp3) is 0.361. The molecule has 0 saturated heterocycles. The van der Waals surface area contributed by atoms with Crippen molar-refractivity contribution in [3.63, 3.8) is 0 Å². The number of carboxylic acids is 1.